The summed E-state index contributed by atoms with van der Waals surface area (Å²) in [5.41, 5.74) is 24.9. The lowest BCUT2D eigenvalue weighted by molar-refractivity contribution is 0.398. The second-order valence-electron chi connectivity index (χ2n) is 24.0. The summed E-state index contributed by atoms with van der Waals surface area (Å²) in [6.45, 7) is 9.09. The highest BCUT2D eigenvalue weighted by Crippen LogP contribution is 2.56. The molecular formula is C79H74N2O. The van der Waals surface area contributed by atoms with E-state index in [1.807, 2.05) is 0 Å². The third-order valence-corrected chi connectivity index (χ3v) is 18.6. The molecule has 3 nitrogen and oxygen atoms in total. The van der Waals surface area contributed by atoms with Crippen LogP contribution in [0.4, 0.5) is 0 Å². The van der Waals surface area contributed by atoms with Gasteiger partial charge in [-0.2, -0.15) is 0 Å². The fraction of sp³-hybridized carbons (Fsp3) is 0.241. The highest BCUT2D eigenvalue weighted by atomic mass is 16.3. The zero-order valence-corrected chi connectivity index (χ0v) is 48.3. The van der Waals surface area contributed by atoms with Gasteiger partial charge in [-0.3, -0.25) is 0 Å². The van der Waals surface area contributed by atoms with E-state index < -0.39 is 0 Å². The van der Waals surface area contributed by atoms with Gasteiger partial charge >= 0.3 is 0 Å². The molecule has 14 rings (SSSR count). The van der Waals surface area contributed by atoms with Crippen LogP contribution in [-0.4, -0.2) is 9.13 Å². The molecular weight excluding hydrogens is 993 g/mol. The molecule has 0 fully saturated rings. The standard InChI is InChI=1S/C79H74N2O/c1-5-7-9-11-13-22-46-79(47-23-14-12-10-8-6-2)69-51-58(57-36-34-56(35-37-57)55-32-30-53(3)31-33-55)38-40-63(69)64-41-39-59(52-70(64)79)60-48-54(4)49-62(50-60)81-72-29-21-19-27-68(72)76-74(81)45-43-66-65-42-44-73-75(77(65)82-78(66)76)67-26-18-20-28-71(67)80(73)61-24-16-15-17-25-61/h15-21,24-45,48-52H,5-14,22-23,46-47H2,1-4H3. The minimum absolute atomic E-state index is 0.0759. The fourth-order valence-corrected chi connectivity index (χ4v) is 14.5. The first kappa shape index (κ1) is 51.7. The number of furan rings is 1. The van der Waals surface area contributed by atoms with Gasteiger partial charge in [0.25, 0.3) is 0 Å². The van der Waals surface area contributed by atoms with Gasteiger partial charge in [0, 0.05) is 38.3 Å². The summed E-state index contributed by atoms with van der Waals surface area (Å²) in [6.07, 6.45) is 17.9. The van der Waals surface area contributed by atoms with Crippen LogP contribution in [0.15, 0.2) is 211 Å². The van der Waals surface area contributed by atoms with Gasteiger partial charge in [-0.05, 0) is 161 Å². The van der Waals surface area contributed by atoms with E-state index in [-0.39, 0.29) is 5.41 Å². The van der Waals surface area contributed by atoms with Gasteiger partial charge < -0.3 is 13.6 Å². The number of unbranched alkanes of at least 4 members (excludes halogenated alkanes) is 10. The van der Waals surface area contributed by atoms with E-state index in [0.717, 1.165) is 55.1 Å². The van der Waals surface area contributed by atoms with E-state index in [1.165, 1.54) is 178 Å². The van der Waals surface area contributed by atoms with Crippen LogP contribution >= 0.6 is 0 Å². The van der Waals surface area contributed by atoms with E-state index in [2.05, 4.69) is 243 Å². The van der Waals surface area contributed by atoms with Crippen molar-refractivity contribution in [2.45, 2.75) is 123 Å². The third kappa shape index (κ3) is 8.96. The second kappa shape index (κ2) is 21.8. The normalized spacial score (nSPS) is 12.9. The van der Waals surface area contributed by atoms with Gasteiger partial charge in [0.1, 0.15) is 11.2 Å². The Balaban J connectivity index is 0.890. The van der Waals surface area contributed by atoms with Gasteiger partial charge in [0.15, 0.2) is 0 Å². The van der Waals surface area contributed by atoms with Crippen LogP contribution in [-0.2, 0) is 5.41 Å². The van der Waals surface area contributed by atoms with Crippen LogP contribution in [0.1, 0.15) is 126 Å². The number of fused-ring (bicyclic) bond motifs is 14. The van der Waals surface area contributed by atoms with Crippen molar-refractivity contribution in [1.82, 2.24) is 9.13 Å². The highest BCUT2D eigenvalue weighted by Gasteiger charge is 2.43. The smallest absolute Gasteiger partial charge is 0.145 e. The Kier molecular flexibility index (Phi) is 13.8. The molecule has 0 N–H and O–H groups in total. The molecule has 0 aliphatic heterocycles. The summed E-state index contributed by atoms with van der Waals surface area (Å²) in [5, 5.41) is 6.97. The Morgan fingerprint density at radius 2 is 0.780 bits per heavy atom. The molecule has 3 heterocycles. The van der Waals surface area contributed by atoms with Gasteiger partial charge in [0.05, 0.1) is 32.8 Å². The topological polar surface area (TPSA) is 23.0 Å². The molecule has 1 aliphatic carbocycles. The molecule has 13 aromatic rings. The van der Waals surface area contributed by atoms with Crippen molar-refractivity contribution in [3.8, 4) is 55.9 Å². The van der Waals surface area contributed by atoms with Crippen molar-refractivity contribution in [3.63, 3.8) is 0 Å². The molecule has 0 unspecified atom stereocenters. The molecule has 82 heavy (non-hydrogen) atoms. The zero-order chi connectivity index (χ0) is 55.3. The van der Waals surface area contributed by atoms with Crippen molar-refractivity contribution < 1.29 is 4.42 Å². The van der Waals surface area contributed by atoms with Crippen LogP contribution in [0.25, 0.3) is 121 Å². The average Bonchev–Trinajstić information content (AvgIpc) is 1.92. The second-order valence-corrected chi connectivity index (χ2v) is 24.0. The van der Waals surface area contributed by atoms with E-state index in [1.54, 1.807) is 0 Å². The zero-order valence-electron chi connectivity index (χ0n) is 48.3. The predicted molar refractivity (Wildman–Crippen MR) is 350 cm³/mol. The van der Waals surface area contributed by atoms with Gasteiger partial charge in [-0.25, -0.2) is 0 Å². The lowest BCUT2D eigenvalue weighted by Crippen LogP contribution is -2.25. The van der Waals surface area contributed by atoms with Crippen LogP contribution in [0, 0.1) is 13.8 Å². The fourth-order valence-electron chi connectivity index (χ4n) is 14.5. The van der Waals surface area contributed by atoms with Crippen molar-refractivity contribution in [2.75, 3.05) is 0 Å². The number of rotatable bonds is 19. The van der Waals surface area contributed by atoms with Crippen LogP contribution < -0.4 is 0 Å². The Bertz CT molecular complexity index is 4470. The maximum Gasteiger partial charge on any atom is 0.145 e. The molecule has 3 aromatic heterocycles. The highest BCUT2D eigenvalue weighted by molar-refractivity contribution is 6.29. The van der Waals surface area contributed by atoms with Gasteiger partial charge in [0.2, 0.25) is 0 Å². The molecule has 0 saturated heterocycles. The molecule has 406 valence electrons. The minimum Gasteiger partial charge on any atom is -0.455 e. The van der Waals surface area contributed by atoms with Crippen LogP contribution in [0.3, 0.4) is 0 Å². The predicted octanol–water partition coefficient (Wildman–Crippen LogP) is 23.2. The number of benzene rings is 10. The Morgan fingerprint density at radius 3 is 1.33 bits per heavy atom. The largest absolute Gasteiger partial charge is 0.455 e. The van der Waals surface area contributed by atoms with E-state index in [4.69, 9.17) is 4.42 Å². The number of hydrogen-bond acceptors (Lipinski definition) is 1. The molecule has 1 aliphatic rings. The van der Waals surface area contributed by atoms with Crippen molar-refractivity contribution >= 4 is 65.6 Å². The first-order valence-electron chi connectivity index (χ1n) is 30.9. The van der Waals surface area contributed by atoms with Crippen molar-refractivity contribution in [3.05, 3.63) is 229 Å². The van der Waals surface area contributed by atoms with E-state index in [9.17, 15) is 0 Å². The van der Waals surface area contributed by atoms with E-state index >= 15 is 0 Å². The first-order valence-corrected chi connectivity index (χ1v) is 30.9. The van der Waals surface area contributed by atoms with Crippen LogP contribution in [0.5, 0.6) is 0 Å². The summed E-state index contributed by atoms with van der Waals surface area (Å²) < 4.78 is 12.2. The Morgan fingerprint density at radius 1 is 0.329 bits per heavy atom. The summed E-state index contributed by atoms with van der Waals surface area (Å²) in [6, 6.07) is 78.1. The molecule has 3 heteroatoms. The number of para-hydroxylation sites is 3. The average molecular weight is 1070 g/mol. The molecule has 0 amide bonds. The number of nitrogens with zero attached hydrogens (tertiary/aromatic N) is 2. The molecule has 0 atom stereocenters. The van der Waals surface area contributed by atoms with Crippen molar-refractivity contribution in [1.29, 1.82) is 0 Å². The lowest BCUT2D eigenvalue weighted by atomic mass is 9.70. The summed E-state index contributed by atoms with van der Waals surface area (Å²) in [4.78, 5) is 0. The van der Waals surface area contributed by atoms with Gasteiger partial charge in [-0.15, -0.1) is 0 Å². The quantitative estimate of drug-likeness (QED) is 0.0740. The Hall–Kier alpha value is -8.40. The van der Waals surface area contributed by atoms with Gasteiger partial charge in [-0.1, -0.05) is 230 Å². The summed E-state index contributed by atoms with van der Waals surface area (Å²) in [7, 11) is 0. The number of aromatic nitrogens is 2. The number of hydrogen-bond donors (Lipinski definition) is 0. The third-order valence-electron chi connectivity index (χ3n) is 18.6. The lowest BCUT2D eigenvalue weighted by Gasteiger charge is -2.33. The molecule has 0 spiro atoms. The first-order chi connectivity index (χ1) is 40.4. The summed E-state index contributed by atoms with van der Waals surface area (Å²) >= 11 is 0. The van der Waals surface area contributed by atoms with Crippen LogP contribution in [0.2, 0.25) is 0 Å². The van der Waals surface area contributed by atoms with Crippen molar-refractivity contribution in [2.24, 2.45) is 0 Å². The minimum atomic E-state index is -0.0759. The SMILES string of the molecule is CCCCCCCCC1(CCCCCCCC)c2cc(-c3ccc(-c4ccc(C)cc4)cc3)ccc2-c2ccc(-c3cc(C)cc(-n4c5ccccc5c5c6oc7c(ccc8c7c7ccccc7n8-c7ccccc7)c6ccc54)c3)cc21. The van der Waals surface area contributed by atoms with E-state index in [0.29, 0.717) is 0 Å². The number of aryl methyl sites for hydroxylation is 2. The molecule has 0 radical (unpaired) electrons. The monoisotopic (exact) mass is 1070 g/mol. The Labute approximate surface area is 483 Å². The molecule has 0 saturated carbocycles. The molecule has 10 aromatic carbocycles. The summed E-state index contributed by atoms with van der Waals surface area (Å²) in [5.74, 6) is 0. The maximum atomic E-state index is 7.33. The molecule has 0 bridgehead atoms. The maximum absolute atomic E-state index is 7.33.